The van der Waals surface area contributed by atoms with Crippen LogP contribution >= 0.6 is 7.82 Å². The first-order valence-corrected chi connectivity index (χ1v) is 13.1. The molecule has 0 spiro atoms. The summed E-state index contributed by atoms with van der Waals surface area (Å²) in [5, 5.41) is 0. The number of hydrogen-bond acceptors (Lipinski definition) is 13. The van der Waals surface area contributed by atoms with Crippen LogP contribution in [0.3, 0.4) is 0 Å². The van der Waals surface area contributed by atoms with Crippen LogP contribution in [0.25, 0.3) is 0 Å². The first-order valence-electron chi connectivity index (χ1n) is 11.6. The maximum absolute atomic E-state index is 12.3. The van der Waals surface area contributed by atoms with Crippen molar-refractivity contribution < 1.29 is 70.6 Å². The minimum atomic E-state index is -4.52. The molecule has 0 saturated carbocycles. The van der Waals surface area contributed by atoms with E-state index in [1.807, 2.05) is 21.1 Å². The molecule has 0 bridgehead atoms. The van der Waals surface area contributed by atoms with E-state index in [0.717, 1.165) is 6.08 Å². The number of nitrogens with zero attached hydrogens (tertiary/aromatic N) is 1. The minimum absolute atomic E-state index is 0.0945. The Labute approximate surface area is 220 Å². The second-order valence-corrected chi connectivity index (χ2v) is 10.5. The largest absolute Gasteiger partial charge is 0.472 e. The SMILES string of the molecule is C=CC(=O)OCC1COC(=O)CCC(=O)OCC(COP(=O)(O)OCC[N+](C)(C)C)OC(=O)CCC(=O)O1. The zero-order chi connectivity index (χ0) is 28.8. The molecule has 0 aromatic heterocycles. The molecule has 1 saturated heterocycles. The summed E-state index contributed by atoms with van der Waals surface area (Å²) < 4.78 is 47.4. The van der Waals surface area contributed by atoms with Crippen LogP contribution in [0.5, 0.6) is 0 Å². The van der Waals surface area contributed by atoms with Gasteiger partial charge in [0.25, 0.3) is 0 Å². The molecule has 0 radical (unpaired) electrons. The molecule has 0 aliphatic carbocycles. The maximum Gasteiger partial charge on any atom is 0.472 e. The van der Waals surface area contributed by atoms with Crippen molar-refractivity contribution in [3.8, 4) is 0 Å². The molecule has 0 amide bonds. The third-order valence-electron chi connectivity index (χ3n) is 4.54. The van der Waals surface area contributed by atoms with E-state index >= 15 is 0 Å². The fourth-order valence-corrected chi connectivity index (χ4v) is 3.27. The van der Waals surface area contributed by atoms with Crippen molar-refractivity contribution >= 4 is 37.7 Å². The van der Waals surface area contributed by atoms with Crippen molar-refractivity contribution in [3.05, 3.63) is 12.7 Å². The van der Waals surface area contributed by atoms with Crippen LogP contribution in [0.2, 0.25) is 0 Å². The van der Waals surface area contributed by atoms with Crippen molar-refractivity contribution in [2.24, 2.45) is 0 Å². The summed E-state index contributed by atoms with van der Waals surface area (Å²) in [6, 6.07) is 0. The van der Waals surface area contributed by atoms with Crippen molar-refractivity contribution in [3.63, 3.8) is 0 Å². The average Bonchev–Trinajstić information content (AvgIpc) is 2.82. The highest BCUT2D eigenvalue weighted by Crippen LogP contribution is 2.43. The molecule has 1 aliphatic rings. The Morgan fingerprint density at radius 2 is 1.39 bits per heavy atom. The molecule has 1 fully saturated rings. The van der Waals surface area contributed by atoms with Gasteiger partial charge in [0.05, 0.1) is 53.4 Å². The van der Waals surface area contributed by atoms with Crippen LogP contribution < -0.4 is 0 Å². The molecule has 1 heterocycles. The van der Waals surface area contributed by atoms with E-state index in [4.69, 9.17) is 32.7 Å². The zero-order valence-corrected chi connectivity index (χ0v) is 22.6. The zero-order valence-electron chi connectivity index (χ0n) is 21.7. The highest BCUT2D eigenvalue weighted by Gasteiger charge is 2.28. The molecule has 3 atom stereocenters. The number of phosphoric acid groups is 1. The summed E-state index contributed by atoms with van der Waals surface area (Å²) in [4.78, 5) is 69.6. The highest BCUT2D eigenvalue weighted by atomic mass is 31.2. The second-order valence-electron chi connectivity index (χ2n) is 9.04. The second kappa shape index (κ2) is 16.2. The monoisotopic (exact) mass is 568 g/mol. The Kier molecular flexibility index (Phi) is 14.1. The number of carbonyl (C=O) groups is 5. The lowest BCUT2D eigenvalue weighted by Crippen LogP contribution is -2.37. The van der Waals surface area contributed by atoms with E-state index in [-0.39, 0.29) is 6.61 Å². The third kappa shape index (κ3) is 16.1. The lowest BCUT2D eigenvalue weighted by Gasteiger charge is -2.24. The fourth-order valence-electron chi connectivity index (χ4n) is 2.52. The number of quaternary nitrogens is 1. The van der Waals surface area contributed by atoms with Gasteiger partial charge >= 0.3 is 37.7 Å². The van der Waals surface area contributed by atoms with Gasteiger partial charge in [-0.15, -0.1) is 0 Å². The summed E-state index contributed by atoms with van der Waals surface area (Å²) >= 11 is 0. The topological polar surface area (TPSA) is 187 Å². The van der Waals surface area contributed by atoms with Crippen molar-refractivity contribution in [2.75, 3.05) is 60.7 Å². The summed E-state index contributed by atoms with van der Waals surface area (Å²) in [5.74, 6) is -4.26. The molecule has 1 rings (SSSR count). The molecule has 1 aliphatic heterocycles. The molecule has 0 aromatic rings. The van der Waals surface area contributed by atoms with Gasteiger partial charge in [-0.3, -0.25) is 28.2 Å². The lowest BCUT2D eigenvalue weighted by molar-refractivity contribution is -0.870. The summed E-state index contributed by atoms with van der Waals surface area (Å²) in [5.41, 5.74) is 0. The summed E-state index contributed by atoms with van der Waals surface area (Å²) in [6.45, 7) is 1.40. The van der Waals surface area contributed by atoms with Gasteiger partial charge in [-0.1, -0.05) is 6.58 Å². The van der Waals surface area contributed by atoms with E-state index < -0.39 is 102 Å². The van der Waals surface area contributed by atoms with Crippen molar-refractivity contribution in [2.45, 2.75) is 37.9 Å². The molecular weight excluding hydrogens is 533 g/mol. The van der Waals surface area contributed by atoms with Crippen molar-refractivity contribution in [1.29, 1.82) is 0 Å². The predicted molar refractivity (Wildman–Crippen MR) is 126 cm³/mol. The molecule has 0 aromatic carbocycles. The van der Waals surface area contributed by atoms with Crippen LogP contribution in [0, 0.1) is 0 Å². The number of hydrogen-bond donors (Lipinski definition) is 1. The molecule has 216 valence electrons. The van der Waals surface area contributed by atoms with Crippen LogP contribution in [-0.4, -0.2) is 112 Å². The smallest absolute Gasteiger partial charge is 0.462 e. The van der Waals surface area contributed by atoms with Gasteiger partial charge in [0.15, 0.2) is 12.2 Å². The van der Waals surface area contributed by atoms with Gasteiger partial charge in [-0.25, -0.2) is 9.36 Å². The number of carbonyl (C=O) groups excluding carboxylic acids is 5. The normalized spacial score (nSPS) is 22.2. The Bertz CT molecular complexity index is 899. The molecule has 3 unspecified atom stereocenters. The van der Waals surface area contributed by atoms with Gasteiger partial charge in [0.1, 0.15) is 33.0 Å². The van der Waals surface area contributed by atoms with Crippen LogP contribution in [-0.2, 0) is 61.3 Å². The van der Waals surface area contributed by atoms with Crippen LogP contribution in [0.1, 0.15) is 25.7 Å². The average molecular weight is 568 g/mol. The molecule has 38 heavy (non-hydrogen) atoms. The molecular formula is C22H35NO14P+. The van der Waals surface area contributed by atoms with Gasteiger partial charge in [0, 0.05) is 6.08 Å². The van der Waals surface area contributed by atoms with Crippen LogP contribution in [0.15, 0.2) is 12.7 Å². The highest BCUT2D eigenvalue weighted by molar-refractivity contribution is 7.47. The lowest BCUT2D eigenvalue weighted by atomic mass is 10.3. The van der Waals surface area contributed by atoms with Crippen molar-refractivity contribution in [1.82, 2.24) is 0 Å². The quantitative estimate of drug-likeness (QED) is 0.122. The predicted octanol–water partition coefficient (Wildman–Crippen LogP) is 0.0394. The number of esters is 5. The Morgan fingerprint density at radius 1 is 0.921 bits per heavy atom. The van der Waals surface area contributed by atoms with Gasteiger partial charge in [-0.2, -0.15) is 0 Å². The molecule has 16 heteroatoms. The minimum Gasteiger partial charge on any atom is -0.462 e. The first-order chi connectivity index (χ1) is 17.7. The summed E-state index contributed by atoms with van der Waals surface area (Å²) in [7, 11) is 1.04. The van der Waals surface area contributed by atoms with Gasteiger partial charge < -0.3 is 33.1 Å². The van der Waals surface area contributed by atoms with E-state index in [9.17, 15) is 33.4 Å². The number of phosphoric ester groups is 1. The van der Waals surface area contributed by atoms with Gasteiger partial charge in [0.2, 0.25) is 0 Å². The fraction of sp³-hybridized carbons (Fsp3) is 0.682. The van der Waals surface area contributed by atoms with E-state index in [0.29, 0.717) is 11.0 Å². The number of likely N-dealkylation sites (N-methyl/N-ethyl adjacent to an activating group) is 1. The van der Waals surface area contributed by atoms with Crippen LogP contribution in [0.4, 0.5) is 0 Å². The third-order valence-corrected chi connectivity index (χ3v) is 5.53. The Hall–Kier alpha value is -2.84. The first kappa shape index (κ1) is 33.2. The summed E-state index contributed by atoms with van der Waals surface area (Å²) in [6.07, 6.45) is -3.34. The molecule has 1 N–H and O–H groups in total. The number of ether oxygens (including phenoxy) is 5. The van der Waals surface area contributed by atoms with E-state index in [1.165, 1.54) is 0 Å². The Balaban J connectivity index is 2.81. The Morgan fingerprint density at radius 3 is 1.87 bits per heavy atom. The maximum atomic E-state index is 12.3. The standard InChI is InChI=1S/C22H34NO14P/c1-5-18(24)31-12-16-13-32-19(25)6-7-20(26)33-14-17(37-22(28)9-8-21(27)36-16)15-35-38(29,30)34-11-10-23(2,3)4/h5,16-17H,1,6-15H2,2-4H3/p+1. The van der Waals surface area contributed by atoms with Gasteiger partial charge in [-0.05, 0) is 0 Å². The van der Waals surface area contributed by atoms with E-state index in [2.05, 4.69) is 6.58 Å². The number of rotatable bonds is 10. The number of cyclic esters (lactones) is 4. The van der Waals surface area contributed by atoms with E-state index in [1.54, 1.807) is 0 Å². The molecule has 15 nitrogen and oxygen atoms in total.